The molecule has 3 aliphatic rings. The van der Waals surface area contributed by atoms with Crippen LogP contribution in [0.15, 0.2) is 72.3 Å². The van der Waals surface area contributed by atoms with Gasteiger partial charge < -0.3 is 56.4 Å². The highest BCUT2D eigenvalue weighted by molar-refractivity contribution is 7.13. The van der Waals surface area contributed by atoms with Crippen molar-refractivity contribution in [2.24, 2.45) is 5.41 Å². The number of aryl methyl sites for hydroxylation is 2. The van der Waals surface area contributed by atoms with E-state index in [1.807, 2.05) is 37.3 Å². The lowest BCUT2D eigenvalue weighted by molar-refractivity contribution is -0.145. The number of amides is 7. The topological polar surface area (TPSA) is 293 Å². The molecule has 1 aliphatic heterocycles. The maximum atomic E-state index is 14.7. The third-order valence-corrected chi connectivity index (χ3v) is 15.2. The number of aromatic hydroxyl groups is 1. The Bertz CT molecular complexity index is 2990. The van der Waals surface area contributed by atoms with Gasteiger partial charge in [0.15, 0.2) is 12.3 Å². The summed E-state index contributed by atoms with van der Waals surface area (Å²) < 4.78 is 20.7. The fourth-order valence-electron chi connectivity index (χ4n) is 9.44. The van der Waals surface area contributed by atoms with Crippen LogP contribution in [0.25, 0.3) is 16.2 Å². The third kappa shape index (κ3) is 15.3. The number of unbranched alkanes of at least 4 members (excludes halogenated alkanes) is 2. The van der Waals surface area contributed by atoms with Crippen LogP contribution >= 0.6 is 11.3 Å². The molecule has 20 nitrogen and oxygen atoms in total. The number of carbonyl (C=O) groups excluding carboxylic acids is 7. The summed E-state index contributed by atoms with van der Waals surface area (Å²) in [5.41, 5.74) is 2.68. The molecule has 2 fully saturated rings. The van der Waals surface area contributed by atoms with Crippen LogP contribution in [0.4, 0.5) is 4.39 Å². The first-order valence-corrected chi connectivity index (χ1v) is 27.3. The Balaban J connectivity index is 0.813. The van der Waals surface area contributed by atoms with Gasteiger partial charge in [0.25, 0.3) is 23.6 Å². The van der Waals surface area contributed by atoms with E-state index in [0.29, 0.717) is 43.5 Å². The number of nitrogens with zero attached hydrogens (tertiary/aromatic N) is 3. The summed E-state index contributed by atoms with van der Waals surface area (Å²) >= 11 is 1.43. The molecule has 0 radical (unpaired) electrons. The maximum Gasteiger partial charge on any atom is 0.269 e. The van der Waals surface area contributed by atoms with Crippen LogP contribution in [0.1, 0.15) is 116 Å². The zero-order valence-corrected chi connectivity index (χ0v) is 45.9. The number of aliphatic hydroxyl groups excluding tert-OH is 2. The fraction of sp³-hybridized carbons (Fsp3) is 0.456. The van der Waals surface area contributed by atoms with Crippen LogP contribution in [-0.2, 0) is 41.7 Å². The summed E-state index contributed by atoms with van der Waals surface area (Å²) in [6.07, 6.45) is 3.53. The number of likely N-dealkylation sites (N-methyl/N-ethyl adjacent to an activating group) is 1. The number of rotatable bonds is 24. The van der Waals surface area contributed by atoms with Crippen molar-refractivity contribution in [3.63, 3.8) is 0 Å². The van der Waals surface area contributed by atoms with E-state index in [1.54, 1.807) is 38.4 Å². The lowest BCUT2D eigenvalue weighted by Crippen LogP contribution is -2.59. The number of fused-ring (bicyclic) bond motifs is 1. The first-order chi connectivity index (χ1) is 37.5. The lowest BCUT2D eigenvalue weighted by Gasteiger charge is -2.35. The second kappa shape index (κ2) is 25.8. The number of hydrogen-bond donors (Lipinski definition) is 9. The lowest BCUT2D eigenvalue weighted by atomic mass is 9.85. The van der Waals surface area contributed by atoms with Crippen molar-refractivity contribution < 1.29 is 58.0 Å². The van der Waals surface area contributed by atoms with Gasteiger partial charge in [0, 0.05) is 69.8 Å². The zero-order valence-electron chi connectivity index (χ0n) is 45.1. The molecule has 7 rings (SSSR count). The molecule has 79 heavy (non-hydrogen) atoms. The van der Waals surface area contributed by atoms with Crippen LogP contribution in [0.3, 0.4) is 0 Å². The Morgan fingerprint density at radius 2 is 1.73 bits per heavy atom. The summed E-state index contributed by atoms with van der Waals surface area (Å²) in [4.78, 5) is 99.7. The van der Waals surface area contributed by atoms with E-state index in [-0.39, 0.29) is 81.5 Å². The monoisotopic (exact) mass is 1110 g/mol. The van der Waals surface area contributed by atoms with Gasteiger partial charge in [-0.15, -0.1) is 11.3 Å². The number of phenols is 1. The number of likely N-dealkylation sites (tertiary alicyclic amines) is 1. The number of phenolic OH excluding ortho intramolecular Hbond substituents is 1. The highest BCUT2D eigenvalue weighted by atomic mass is 32.1. The van der Waals surface area contributed by atoms with E-state index < -0.39 is 81.9 Å². The number of ether oxygens (including phenoxy) is 1. The molecule has 422 valence electrons. The molecule has 1 aromatic heterocycles. The van der Waals surface area contributed by atoms with E-state index in [0.717, 1.165) is 39.8 Å². The summed E-state index contributed by atoms with van der Waals surface area (Å²) in [6.45, 7) is 7.08. The average Bonchev–Trinajstić information content (AvgIpc) is 3.69. The minimum Gasteiger partial charge on any atom is -0.507 e. The van der Waals surface area contributed by atoms with Gasteiger partial charge in [0.2, 0.25) is 17.7 Å². The zero-order chi connectivity index (χ0) is 57.2. The summed E-state index contributed by atoms with van der Waals surface area (Å²) in [5, 5.41) is 54.1. The standard InChI is InChI=1S/C57H70FN9O11S/c1-33-49(79-32-63-33)36-14-15-37(29-62-52(74)43-27-38(68)30-67(43)54(76)50(56(2,3)4)65-55(77)57(58)20-21-57)46(26-36)78-31-48(72)60-22-10-6-7-13-47(71)61-23-24-66(5)53(75)40-18-16-35(25-45(40)70)44(69)28-41(59)51(73)64-42-19-17-34-11-8-9-12-39(34)42/h8-9,11-12,14-16,18,25-26,28,32,38,42-43,50,59,68-70H,6-7,10,13,17,19-24,27,29-31H2,1-5H3,(H,60,72)(H,61,71)(H,62,74)(H,64,73)(H,65,77)/b44-28-,59-41?/t38-,42?,43+,50-/m1/s1. The summed E-state index contributed by atoms with van der Waals surface area (Å²) in [5.74, 6) is -4.39. The van der Waals surface area contributed by atoms with Crippen LogP contribution in [-0.4, -0.2) is 141 Å². The van der Waals surface area contributed by atoms with Crippen LogP contribution in [0.2, 0.25) is 0 Å². The molecule has 1 saturated heterocycles. The Morgan fingerprint density at radius 3 is 2.44 bits per heavy atom. The highest BCUT2D eigenvalue weighted by Gasteiger charge is 2.53. The molecular weight excluding hydrogens is 1040 g/mol. The number of aromatic nitrogens is 1. The van der Waals surface area contributed by atoms with Crippen molar-refractivity contribution in [2.45, 2.75) is 122 Å². The number of thiazole rings is 1. The number of hydrogen-bond acceptors (Lipinski definition) is 14. The first kappa shape index (κ1) is 59.0. The first-order valence-electron chi connectivity index (χ1n) is 26.5. The molecule has 4 aromatic rings. The Kier molecular flexibility index (Phi) is 19.3. The molecule has 7 amide bonds. The third-order valence-electron chi connectivity index (χ3n) is 14.2. The number of benzene rings is 3. The maximum absolute atomic E-state index is 14.7. The van der Waals surface area contributed by atoms with Crippen molar-refractivity contribution in [1.29, 1.82) is 5.41 Å². The molecular formula is C57H70FN9O11S. The van der Waals surface area contributed by atoms with Crippen molar-refractivity contribution in [1.82, 2.24) is 41.4 Å². The molecule has 0 spiro atoms. The van der Waals surface area contributed by atoms with Gasteiger partial charge in [-0.1, -0.05) is 69.7 Å². The second-order valence-corrected chi connectivity index (χ2v) is 22.3. The quantitative estimate of drug-likeness (QED) is 0.0252. The minimum absolute atomic E-state index is 0.0471. The normalized spacial score (nSPS) is 17.7. The minimum atomic E-state index is -2.01. The van der Waals surface area contributed by atoms with Gasteiger partial charge >= 0.3 is 0 Å². The Hall–Kier alpha value is -7.72. The molecule has 0 bridgehead atoms. The largest absolute Gasteiger partial charge is 0.507 e. The molecule has 22 heteroatoms. The van der Waals surface area contributed by atoms with Gasteiger partial charge in [0.05, 0.1) is 33.8 Å². The van der Waals surface area contributed by atoms with E-state index in [4.69, 9.17) is 10.1 Å². The number of alkyl halides is 1. The molecule has 2 aliphatic carbocycles. The number of nitrogens with one attached hydrogen (secondary N) is 6. The molecule has 1 unspecified atom stereocenters. The summed E-state index contributed by atoms with van der Waals surface area (Å²) in [6, 6.07) is 14.5. The van der Waals surface area contributed by atoms with Gasteiger partial charge in [-0.3, -0.25) is 39.0 Å². The average molecular weight is 1110 g/mol. The van der Waals surface area contributed by atoms with E-state index in [1.165, 1.54) is 46.4 Å². The number of halogens is 1. The van der Waals surface area contributed by atoms with Crippen LogP contribution in [0, 0.1) is 17.7 Å². The molecule has 1 saturated carbocycles. The van der Waals surface area contributed by atoms with Gasteiger partial charge in [-0.05, 0) is 85.8 Å². The SMILES string of the molecule is Cc1ncsc1-c1ccc(CNC(=O)[C@@H]2C[C@@H](O)CN2C(=O)[C@@H](NC(=O)C2(F)CC2)C(C)(C)C)c(OCC(=O)NCCCCCC(=O)NCCN(C)C(=O)c2ccc(/C(O)=C/C(=N)C(=O)NC3CCc4ccccc43)cc2O)c1. The van der Waals surface area contributed by atoms with Crippen molar-refractivity contribution in [3.8, 4) is 21.9 Å². The van der Waals surface area contributed by atoms with Crippen molar-refractivity contribution in [2.75, 3.05) is 39.8 Å². The van der Waals surface area contributed by atoms with Gasteiger partial charge in [-0.2, -0.15) is 0 Å². The van der Waals surface area contributed by atoms with E-state index in [9.17, 15) is 53.3 Å². The predicted molar refractivity (Wildman–Crippen MR) is 294 cm³/mol. The number of aliphatic hydroxyl groups is 2. The van der Waals surface area contributed by atoms with Crippen LogP contribution in [0.5, 0.6) is 11.5 Å². The second-order valence-electron chi connectivity index (χ2n) is 21.4. The Labute approximate surface area is 462 Å². The fourth-order valence-corrected chi connectivity index (χ4v) is 10.2. The summed E-state index contributed by atoms with van der Waals surface area (Å²) in [7, 11) is 1.51. The number of β-amino-alcohol motifs (C(OH)–C–C–N with tert-alkyl or cyclic N) is 1. The van der Waals surface area contributed by atoms with Crippen molar-refractivity contribution >= 4 is 64.2 Å². The van der Waals surface area contributed by atoms with Crippen molar-refractivity contribution in [3.05, 3.63) is 106 Å². The Morgan fingerprint density at radius 1 is 0.987 bits per heavy atom. The van der Waals surface area contributed by atoms with Crippen LogP contribution < -0.4 is 31.3 Å². The molecule has 9 N–H and O–H groups in total. The van der Waals surface area contributed by atoms with Gasteiger partial charge in [0.1, 0.15) is 35.1 Å². The molecule has 4 atom stereocenters. The predicted octanol–water partition coefficient (Wildman–Crippen LogP) is 5.10. The van der Waals surface area contributed by atoms with E-state index in [2.05, 4.69) is 31.6 Å². The number of carbonyl (C=O) groups is 7. The smallest absolute Gasteiger partial charge is 0.269 e. The molecule has 3 aromatic carbocycles. The van der Waals surface area contributed by atoms with E-state index >= 15 is 0 Å². The highest BCUT2D eigenvalue weighted by Crippen LogP contribution is 2.41. The van der Waals surface area contributed by atoms with Gasteiger partial charge in [-0.25, -0.2) is 9.37 Å². The molecule has 2 heterocycles.